The highest BCUT2D eigenvalue weighted by molar-refractivity contribution is 6.32. The first kappa shape index (κ1) is 18.0. The lowest BCUT2D eigenvalue weighted by atomic mass is 9.83. The Morgan fingerprint density at radius 3 is 2.24 bits per heavy atom. The first-order valence-electron chi connectivity index (χ1n) is 6.56. The van der Waals surface area contributed by atoms with Gasteiger partial charge in [-0.1, -0.05) is 30.1 Å². The van der Waals surface area contributed by atoms with Gasteiger partial charge in [0.25, 0.3) is 0 Å². The van der Waals surface area contributed by atoms with Crippen LogP contribution in [-0.4, -0.2) is 29.8 Å². The van der Waals surface area contributed by atoms with Gasteiger partial charge in [-0.05, 0) is 38.5 Å². The van der Waals surface area contributed by atoms with Crippen molar-refractivity contribution in [2.24, 2.45) is 5.73 Å². The molecule has 0 aliphatic heterocycles. The second kappa shape index (κ2) is 6.81. The van der Waals surface area contributed by atoms with Crippen LogP contribution in [0.4, 0.5) is 4.79 Å². The van der Waals surface area contributed by atoms with Gasteiger partial charge >= 0.3 is 6.09 Å². The molecule has 1 atom stereocenters. The van der Waals surface area contributed by atoms with E-state index < -0.39 is 17.1 Å². The van der Waals surface area contributed by atoms with E-state index in [4.69, 9.17) is 33.7 Å². The maximum Gasteiger partial charge on any atom is 0.407 e. The van der Waals surface area contributed by atoms with Crippen molar-refractivity contribution < 1.29 is 9.53 Å². The number of hydrogen-bond donors (Lipinski definition) is 2. The second-order valence-electron chi connectivity index (χ2n) is 6.12. The number of nitrogens with two attached hydrogens (primary N) is 1. The van der Waals surface area contributed by atoms with Crippen LogP contribution in [0.1, 0.15) is 33.3 Å². The molecule has 5 nitrogen and oxygen atoms in total. The molecule has 118 valence electrons. The summed E-state index contributed by atoms with van der Waals surface area (Å²) in [7, 11) is 0. The van der Waals surface area contributed by atoms with Crippen molar-refractivity contribution in [1.82, 2.24) is 10.3 Å². The topological polar surface area (TPSA) is 77.2 Å². The number of pyridine rings is 1. The van der Waals surface area contributed by atoms with Crippen LogP contribution >= 0.6 is 23.2 Å². The third-order valence-electron chi connectivity index (χ3n) is 2.93. The van der Waals surface area contributed by atoms with E-state index in [-0.39, 0.29) is 10.3 Å². The van der Waals surface area contributed by atoms with Crippen molar-refractivity contribution in [3.05, 3.63) is 28.0 Å². The molecule has 0 fully saturated rings. The van der Waals surface area contributed by atoms with Crippen LogP contribution in [0.3, 0.4) is 0 Å². The zero-order valence-electron chi connectivity index (χ0n) is 12.7. The van der Waals surface area contributed by atoms with Crippen molar-refractivity contribution in [2.75, 3.05) is 13.1 Å². The van der Waals surface area contributed by atoms with Crippen LogP contribution < -0.4 is 11.1 Å². The molecule has 1 aromatic heterocycles. The zero-order chi connectivity index (χ0) is 16.3. The third-order valence-corrected chi connectivity index (χ3v) is 3.32. The van der Waals surface area contributed by atoms with E-state index in [1.165, 1.54) is 0 Å². The molecule has 1 aromatic rings. The van der Waals surface area contributed by atoms with Crippen LogP contribution in [0, 0.1) is 0 Å². The van der Waals surface area contributed by atoms with Gasteiger partial charge in [0.2, 0.25) is 0 Å². The molecule has 0 saturated heterocycles. The summed E-state index contributed by atoms with van der Waals surface area (Å²) in [5.41, 5.74) is 5.60. The largest absolute Gasteiger partial charge is 0.444 e. The number of nitrogens with one attached hydrogen (secondary N) is 1. The minimum Gasteiger partial charge on any atom is -0.444 e. The fraction of sp³-hybridized carbons (Fsp3) is 0.571. The number of nitrogens with zero attached hydrogens (tertiary/aromatic N) is 1. The molecule has 0 aliphatic rings. The number of amides is 1. The van der Waals surface area contributed by atoms with Gasteiger partial charge in [0, 0.05) is 18.5 Å². The molecule has 0 bridgehead atoms. The molecule has 0 saturated carbocycles. The summed E-state index contributed by atoms with van der Waals surface area (Å²) in [6.07, 6.45) is -0.492. The van der Waals surface area contributed by atoms with E-state index in [2.05, 4.69) is 10.3 Å². The summed E-state index contributed by atoms with van der Waals surface area (Å²) in [4.78, 5) is 15.7. The molecule has 1 heterocycles. The number of carbonyl (C=O) groups excluding carboxylic acids is 1. The van der Waals surface area contributed by atoms with Crippen LogP contribution in [0.25, 0.3) is 0 Å². The van der Waals surface area contributed by atoms with Crippen molar-refractivity contribution in [3.8, 4) is 0 Å². The molecule has 7 heteroatoms. The fourth-order valence-corrected chi connectivity index (χ4v) is 2.15. The molecule has 0 aromatic carbocycles. The van der Waals surface area contributed by atoms with Crippen LogP contribution in [0.5, 0.6) is 0 Å². The Morgan fingerprint density at radius 1 is 1.29 bits per heavy atom. The van der Waals surface area contributed by atoms with Gasteiger partial charge in [-0.15, -0.1) is 0 Å². The number of hydrogen-bond acceptors (Lipinski definition) is 4. The standard InChI is InChI=1S/C14H21Cl2N3O2/c1-13(2,3)21-12(20)18-8-14(4,7-17)9-5-10(15)19-11(16)6-9/h5-6H,7-8,17H2,1-4H3,(H,18,20). The van der Waals surface area contributed by atoms with E-state index in [1.807, 2.05) is 6.92 Å². The maximum absolute atomic E-state index is 11.7. The molecular weight excluding hydrogens is 313 g/mol. The Hall–Kier alpha value is -1.04. The Labute approximate surface area is 135 Å². The number of rotatable bonds is 4. The highest BCUT2D eigenvalue weighted by atomic mass is 35.5. The lowest BCUT2D eigenvalue weighted by Gasteiger charge is -2.29. The molecule has 0 radical (unpaired) electrons. The Balaban J connectivity index is 2.83. The predicted molar refractivity (Wildman–Crippen MR) is 84.9 cm³/mol. The van der Waals surface area contributed by atoms with E-state index in [9.17, 15) is 4.79 Å². The summed E-state index contributed by atoms with van der Waals surface area (Å²) >= 11 is 11.8. The number of halogens is 2. The van der Waals surface area contributed by atoms with Crippen molar-refractivity contribution in [3.63, 3.8) is 0 Å². The van der Waals surface area contributed by atoms with Crippen LogP contribution in [0.15, 0.2) is 12.1 Å². The molecule has 0 aliphatic carbocycles. The van der Waals surface area contributed by atoms with E-state index in [0.29, 0.717) is 13.1 Å². The van der Waals surface area contributed by atoms with Crippen molar-refractivity contribution in [2.45, 2.75) is 38.7 Å². The normalized spacial score (nSPS) is 14.4. The summed E-state index contributed by atoms with van der Waals surface area (Å²) in [5, 5.41) is 3.29. The SMILES string of the molecule is CC(C)(C)OC(=O)NCC(C)(CN)c1cc(Cl)nc(Cl)c1. The summed E-state index contributed by atoms with van der Waals surface area (Å²) < 4.78 is 5.21. The Kier molecular flexibility index (Phi) is 5.84. The van der Waals surface area contributed by atoms with Gasteiger partial charge in [0.05, 0.1) is 0 Å². The number of carbonyl (C=O) groups is 1. The fourth-order valence-electron chi connectivity index (χ4n) is 1.69. The molecule has 1 unspecified atom stereocenters. The first-order chi connectivity index (χ1) is 9.55. The number of aromatic nitrogens is 1. The van der Waals surface area contributed by atoms with Crippen LogP contribution in [-0.2, 0) is 10.2 Å². The second-order valence-corrected chi connectivity index (χ2v) is 6.90. The van der Waals surface area contributed by atoms with Crippen molar-refractivity contribution >= 4 is 29.3 Å². The summed E-state index contributed by atoms with van der Waals surface area (Å²) in [6, 6.07) is 3.38. The minimum absolute atomic E-state index is 0.287. The van der Waals surface area contributed by atoms with Gasteiger partial charge in [-0.3, -0.25) is 0 Å². The summed E-state index contributed by atoms with van der Waals surface area (Å²) in [6.45, 7) is 7.92. The number of alkyl carbamates (subject to hydrolysis) is 1. The number of ether oxygens (including phenoxy) is 1. The summed E-state index contributed by atoms with van der Waals surface area (Å²) in [5.74, 6) is 0. The Bertz CT molecular complexity index is 497. The molecule has 21 heavy (non-hydrogen) atoms. The van der Waals surface area contributed by atoms with Gasteiger partial charge in [-0.2, -0.15) is 0 Å². The minimum atomic E-state index is -0.549. The quantitative estimate of drug-likeness (QED) is 0.830. The van der Waals surface area contributed by atoms with Gasteiger partial charge < -0.3 is 15.8 Å². The Morgan fingerprint density at radius 2 is 1.81 bits per heavy atom. The molecule has 0 spiro atoms. The van der Waals surface area contributed by atoms with E-state index in [1.54, 1.807) is 32.9 Å². The van der Waals surface area contributed by atoms with Crippen molar-refractivity contribution in [1.29, 1.82) is 0 Å². The lowest BCUT2D eigenvalue weighted by Crippen LogP contribution is -2.45. The third kappa shape index (κ3) is 5.69. The predicted octanol–water partition coefficient (Wildman–Crippen LogP) is 3.13. The maximum atomic E-state index is 11.7. The highest BCUT2D eigenvalue weighted by Gasteiger charge is 2.28. The average Bonchev–Trinajstić information content (AvgIpc) is 2.32. The average molecular weight is 334 g/mol. The highest BCUT2D eigenvalue weighted by Crippen LogP contribution is 2.26. The van der Waals surface area contributed by atoms with E-state index in [0.717, 1.165) is 5.56 Å². The van der Waals surface area contributed by atoms with Gasteiger partial charge in [0.1, 0.15) is 15.9 Å². The van der Waals surface area contributed by atoms with Crippen LogP contribution in [0.2, 0.25) is 10.3 Å². The molecular formula is C14H21Cl2N3O2. The first-order valence-corrected chi connectivity index (χ1v) is 7.32. The van der Waals surface area contributed by atoms with Gasteiger partial charge in [0.15, 0.2) is 0 Å². The van der Waals surface area contributed by atoms with E-state index >= 15 is 0 Å². The van der Waals surface area contributed by atoms with Gasteiger partial charge in [-0.25, -0.2) is 9.78 Å². The molecule has 1 rings (SSSR count). The lowest BCUT2D eigenvalue weighted by molar-refractivity contribution is 0.0516. The zero-order valence-corrected chi connectivity index (χ0v) is 14.2. The smallest absolute Gasteiger partial charge is 0.407 e. The monoisotopic (exact) mass is 333 g/mol. The molecule has 1 amide bonds. The molecule has 3 N–H and O–H groups in total.